The van der Waals surface area contributed by atoms with E-state index >= 15 is 0 Å². The maximum Gasteiger partial charge on any atom is 0.0469 e. The van der Waals surface area contributed by atoms with E-state index in [0.29, 0.717) is 0 Å². The first-order valence-electron chi connectivity index (χ1n) is 5.52. The first-order chi connectivity index (χ1) is 6.86. The molecule has 1 heteroatoms. The molecule has 0 aromatic heterocycles. The van der Waals surface area contributed by atoms with Crippen LogP contribution in [0, 0.1) is 0 Å². The van der Waals surface area contributed by atoms with Crippen LogP contribution in [-0.2, 0) is 17.6 Å². The van der Waals surface area contributed by atoms with Crippen molar-refractivity contribution in [1.29, 1.82) is 0 Å². The summed E-state index contributed by atoms with van der Waals surface area (Å²) in [6.45, 7) is 5.94. The minimum absolute atomic E-state index is 0.828. The summed E-state index contributed by atoms with van der Waals surface area (Å²) in [6.07, 6.45) is 3.38. The molecular formula is C13H20O. The SMILES string of the molecule is CCOCCCc1cccc(CC)c1. The Hall–Kier alpha value is -0.820. The largest absolute Gasteiger partial charge is 0.382 e. The molecule has 0 N–H and O–H groups in total. The van der Waals surface area contributed by atoms with E-state index in [4.69, 9.17) is 4.74 Å². The molecule has 0 spiro atoms. The maximum absolute atomic E-state index is 5.31. The second-order valence-electron chi connectivity index (χ2n) is 3.47. The van der Waals surface area contributed by atoms with Gasteiger partial charge in [-0.15, -0.1) is 0 Å². The van der Waals surface area contributed by atoms with Gasteiger partial charge >= 0.3 is 0 Å². The van der Waals surface area contributed by atoms with Gasteiger partial charge in [0, 0.05) is 13.2 Å². The van der Waals surface area contributed by atoms with Crippen molar-refractivity contribution in [3.05, 3.63) is 35.4 Å². The van der Waals surface area contributed by atoms with Gasteiger partial charge in [0.25, 0.3) is 0 Å². The maximum atomic E-state index is 5.31. The van der Waals surface area contributed by atoms with Crippen molar-refractivity contribution >= 4 is 0 Å². The van der Waals surface area contributed by atoms with E-state index in [1.54, 1.807) is 0 Å². The first-order valence-corrected chi connectivity index (χ1v) is 5.52. The number of benzene rings is 1. The predicted octanol–water partition coefficient (Wildman–Crippen LogP) is 3.22. The lowest BCUT2D eigenvalue weighted by Crippen LogP contribution is -1.96. The van der Waals surface area contributed by atoms with Crippen LogP contribution < -0.4 is 0 Å². The summed E-state index contributed by atoms with van der Waals surface area (Å²) >= 11 is 0. The predicted molar refractivity (Wildman–Crippen MR) is 60.6 cm³/mol. The lowest BCUT2D eigenvalue weighted by Gasteiger charge is -2.03. The van der Waals surface area contributed by atoms with Crippen molar-refractivity contribution < 1.29 is 4.74 Å². The molecule has 1 nitrogen and oxygen atoms in total. The Morgan fingerprint density at radius 3 is 2.64 bits per heavy atom. The van der Waals surface area contributed by atoms with Crippen molar-refractivity contribution in [3.63, 3.8) is 0 Å². The zero-order valence-corrected chi connectivity index (χ0v) is 9.25. The third-order valence-corrected chi connectivity index (χ3v) is 2.36. The highest BCUT2D eigenvalue weighted by molar-refractivity contribution is 5.23. The molecule has 0 aliphatic rings. The minimum Gasteiger partial charge on any atom is -0.382 e. The van der Waals surface area contributed by atoms with Gasteiger partial charge < -0.3 is 4.74 Å². The van der Waals surface area contributed by atoms with Crippen LogP contribution in [0.5, 0.6) is 0 Å². The van der Waals surface area contributed by atoms with Gasteiger partial charge in [0.15, 0.2) is 0 Å². The highest BCUT2D eigenvalue weighted by atomic mass is 16.5. The number of aryl methyl sites for hydroxylation is 2. The van der Waals surface area contributed by atoms with Gasteiger partial charge in [-0.1, -0.05) is 31.2 Å². The molecule has 0 unspecified atom stereocenters. The Bertz CT molecular complexity index is 255. The zero-order chi connectivity index (χ0) is 10.2. The van der Waals surface area contributed by atoms with E-state index in [1.807, 2.05) is 6.92 Å². The van der Waals surface area contributed by atoms with E-state index in [0.717, 1.165) is 32.5 Å². The van der Waals surface area contributed by atoms with Crippen LogP contribution in [0.15, 0.2) is 24.3 Å². The van der Waals surface area contributed by atoms with Crippen molar-refractivity contribution in [3.8, 4) is 0 Å². The molecular weight excluding hydrogens is 172 g/mol. The minimum atomic E-state index is 0.828. The molecule has 1 aromatic carbocycles. The van der Waals surface area contributed by atoms with E-state index in [2.05, 4.69) is 31.2 Å². The Balaban J connectivity index is 2.34. The van der Waals surface area contributed by atoms with Gasteiger partial charge in [-0.2, -0.15) is 0 Å². The van der Waals surface area contributed by atoms with Crippen LogP contribution in [0.3, 0.4) is 0 Å². The fourth-order valence-electron chi connectivity index (χ4n) is 1.53. The Labute approximate surface area is 87.1 Å². The smallest absolute Gasteiger partial charge is 0.0469 e. The molecule has 78 valence electrons. The van der Waals surface area contributed by atoms with Gasteiger partial charge in [0.2, 0.25) is 0 Å². The summed E-state index contributed by atoms with van der Waals surface area (Å²) in [5, 5.41) is 0. The van der Waals surface area contributed by atoms with Gasteiger partial charge in [0.05, 0.1) is 0 Å². The summed E-state index contributed by atoms with van der Waals surface area (Å²) in [7, 11) is 0. The fraction of sp³-hybridized carbons (Fsp3) is 0.538. The lowest BCUT2D eigenvalue weighted by atomic mass is 10.1. The highest BCUT2D eigenvalue weighted by Crippen LogP contribution is 2.08. The Morgan fingerprint density at radius 2 is 1.93 bits per heavy atom. The monoisotopic (exact) mass is 192 g/mol. The molecule has 1 aromatic rings. The number of hydrogen-bond acceptors (Lipinski definition) is 1. The van der Waals surface area contributed by atoms with Gasteiger partial charge in [0.1, 0.15) is 0 Å². The van der Waals surface area contributed by atoms with Crippen molar-refractivity contribution in [2.45, 2.75) is 33.1 Å². The molecule has 0 saturated heterocycles. The molecule has 0 aliphatic carbocycles. The highest BCUT2D eigenvalue weighted by Gasteiger charge is 1.94. The number of ether oxygens (including phenoxy) is 1. The molecule has 14 heavy (non-hydrogen) atoms. The number of rotatable bonds is 6. The summed E-state index contributed by atoms with van der Waals surface area (Å²) < 4.78 is 5.31. The van der Waals surface area contributed by atoms with Crippen molar-refractivity contribution in [1.82, 2.24) is 0 Å². The Kier molecular flexibility index (Phi) is 5.31. The molecule has 0 amide bonds. The topological polar surface area (TPSA) is 9.23 Å². The Morgan fingerprint density at radius 1 is 1.14 bits per heavy atom. The third kappa shape index (κ3) is 3.93. The normalized spacial score (nSPS) is 10.4. The average molecular weight is 192 g/mol. The fourth-order valence-corrected chi connectivity index (χ4v) is 1.53. The summed E-state index contributed by atoms with van der Waals surface area (Å²) in [5.41, 5.74) is 2.86. The first kappa shape index (κ1) is 11.3. The van der Waals surface area contributed by atoms with Crippen LogP contribution in [0.1, 0.15) is 31.4 Å². The van der Waals surface area contributed by atoms with Gasteiger partial charge in [-0.05, 0) is 37.3 Å². The number of hydrogen-bond donors (Lipinski definition) is 0. The zero-order valence-electron chi connectivity index (χ0n) is 9.25. The lowest BCUT2D eigenvalue weighted by molar-refractivity contribution is 0.145. The van der Waals surface area contributed by atoms with E-state index in [9.17, 15) is 0 Å². The van der Waals surface area contributed by atoms with Crippen LogP contribution in [0.2, 0.25) is 0 Å². The molecule has 0 aliphatic heterocycles. The third-order valence-electron chi connectivity index (χ3n) is 2.36. The van der Waals surface area contributed by atoms with Crippen LogP contribution >= 0.6 is 0 Å². The van der Waals surface area contributed by atoms with E-state index in [1.165, 1.54) is 11.1 Å². The summed E-state index contributed by atoms with van der Waals surface area (Å²) in [5.74, 6) is 0. The second kappa shape index (κ2) is 6.61. The standard InChI is InChI=1S/C13H20O/c1-3-12-7-5-8-13(11-12)9-6-10-14-4-2/h5,7-8,11H,3-4,6,9-10H2,1-2H3. The van der Waals surface area contributed by atoms with Crippen molar-refractivity contribution in [2.24, 2.45) is 0 Å². The van der Waals surface area contributed by atoms with Crippen LogP contribution in [-0.4, -0.2) is 13.2 Å². The van der Waals surface area contributed by atoms with Crippen molar-refractivity contribution in [2.75, 3.05) is 13.2 Å². The van der Waals surface area contributed by atoms with E-state index in [-0.39, 0.29) is 0 Å². The molecule has 0 atom stereocenters. The van der Waals surface area contributed by atoms with Gasteiger partial charge in [-0.25, -0.2) is 0 Å². The summed E-state index contributed by atoms with van der Waals surface area (Å²) in [6, 6.07) is 8.83. The molecule has 0 saturated carbocycles. The molecule has 0 bridgehead atoms. The quantitative estimate of drug-likeness (QED) is 0.629. The van der Waals surface area contributed by atoms with Gasteiger partial charge in [-0.3, -0.25) is 0 Å². The summed E-state index contributed by atoms with van der Waals surface area (Å²) in [4.78, 5) is 0. The molecule has 0 radical (unpaired) electrons. The molecule has 0 fully saturated rings. The van der Waals surface area contributed by atoms with Crippen LogP contribution in [0.25, 0.3) is 0 Å². The molecule has 0 heterocycles. The van der Waals surface area contributed by atoms with E-state index < -0.39 is 0 Å². The second-order valence-corrected chi connectivity index (χ2v) is 3.47. The average Bonchev–Trinajstić information content (AvgIpc) is 2.25. The molecule has 1 rings (SSSR count). The van der Waals surface area contributed by atoms with Crippen LogP contribution in [0.4, 0.5) is 0 Å².